The number of hydrogen-bond donors (Lipinski definition) is 1. The molecule has 1 aromatic heterocycles. The molecule has 2 rings (SSSR count). The first kappa shape index (κ1) is 12.5. The number of hydrogen-bond acceptors (Lipinski definition) is 4. The van der Waals surface area contributed by atoms with Crippen LogP contribution in [-0.2, 0) is 11.3 Å². The molecule has 0 aromatic carbocycles. The number of rotatable bonds is 5. The molecule has 1 N–H and O–H groups in total. The molecule has 0 amide bonds. The van der Waals surface area contributed by atoms with E-state index in [0.29, 0.717) is 6.10 Å². The van der Waals surface area contributed by atoms with E-state index in [0.717, 1.165) is 24.7 Å². The first-order valence-electron chi connectivity index (χ1n) is 6.38. The maximum Gasteiger partial charge on any atom is 0.0768 e. The number of methoxy groups -OCH3 is 1. The van der Waals surface area contributed by atoms with Crippen LogP contribution in [0.1, 0.15) is 31.4 Å². The topological polar surface area (TPSA) is 47.0 Å². The van der Waals surface area contributed by atoms with Crippen LogP contribution in [0.4, 0.5) is 0 Å². The molecule has 0 radical (unpaired) electrons. The van der Waals surface area contributed by atoms with Crippen molar-refractivity contribution < 1.29 is 4.74 Å². The van der Waals surface area contributed by atoms with E-state index in [9.17, 15) is 0 Å². The summed E-state index contributed by atoms with van der Waals surface area (Å²) in [6.45, 7) is 1.86. The van der Waals surface area contributed by atoms with Crippen LogP contribution in [0, 0.1) is 5.92 Å². The Morgan fingerprint density at radius 2 is 2.41 bits per heavy atom. The summed E-state index contributed by atoms with van der Waals surface area (Å²) in [4.78, 5) is 0. The van der Waals surface area contributed by atoms with Gasteiger partial charge < -0.3 is 10.1 Å². The van der Waals surface area contributed by atoms with E-state index < -0.39 is 0 Å². The van der Waals surface area contributed by atoms with Crippen molar-refractivity contribution in [3.63, 3.8) is 0 Å². The second-order valence-corrected chi connectivity index (χ2v) is 4.74. The third kappa shape index (κ3) is 4.06. The molecule has 0 spiro atoms. The van der Waals surface area contributed by atoms with E-state index in [1.54, 1.807) is 6.20 Å². The van der Waals surface area contributed by atoms with Gasteiger partial charge in [-0.15, -0.1) is 0 Å². The molecular weight excluding hydrogens is 214 g/mol. The molecule has 1 heterocycles. The van der Waals surface area contributed by atoms with Gasteiger partial charge >= 0.3 is 0 Å². The second kappa shape index (κ2) is 6.67. The third-order valence-electron chi connectivity index (χ3n) is 3.43. The maximum atomic E-state index is 5.44. The van der Waals surface area contributed by atoms with Crippen molar-refractivity contribution in [2.45, 2.75) is 38.3 Å². The van der Waals surface area contributed by atoms with Crippen molar-refractivity contribution in [1.29, 1.82) is 0 Å². The molecule has 0 bridgehead atoms. The highest BCUT2D eigenvalue weighted by Gasteiger charge is 2.21. The van der Waals surface area contributed by atoms with Crippen LogP contribution >= 0.6 is 0 Å². The Labute approximate surface area is 103 Å². The summed E-state index contributed by atoms with van der Waals surface area (Å²) in [7, 11) is 1.82. The molecule has 4 nitrogen and oxygen atoms in total. The Morgan fingerprint density at radius 1 is 1.47 bits per heavy atom. The quantitative estimate of drug-likeness (QED) is 0.845. The zero-order valence-corrected chi connectivity index (χ0v) is 10.4. The minimum atomic E-state index is 0.465. The van der Waals surface area contributed by atoms with Gasteiger partial charge in [0.2, 0.25) is 0 Å². The fourth-order valence-electron chi connectivity index (χ4n) is 2.47. The zero-order chi connectivity index (χ0) is 11.9. The summed E-state index contributed by atoms with van der Waals surface area (Å²) in [5.74, 6) is 0.741. The Balaban J connectivity index is 1.68. The number of nitrogens with one attached hydrogen (secondary N) is 1. The number of nitrogens with zero attached hydrogens (tertiary/aromatic N) is 2. The van der Waals surface area contributed by atoms with Gasteiger partial charge in [-0.05, 0) is 43.9 Å². The van der Waals surface area contributed by atoms with Crippen LogP contribution in [0.25, 0.3) is 0 Å². The highest BCUT2D eigenvalue weighted by atomic mass is 16.5. The van der Waals surface area contributed by atoms with Crippen LogP contribution in [0.15, 0.2) is 18.3 Å². The van der Waals surface area contributed by atoms with E-state index in [2.05, 4.69) is 15.5 Å². The fourth-order valence-corrected chi connectivity index (χ4v) is 2.47. The Morgan fingerprint density at radius 3 is 3.18 bits per heavy atom. The average molecular weight is 235 g/mol. The van der Waals surface area contributed by atoms with Crippen molar-refractivity contribution in [3.05, 3.63) is 24.0 Å². The number of ether oxygens (including phenoxy) is 1. The van der Waals surface area contributed by atoms with Gasteiger partial charge in [0.1, 0.15) is 0 Å². The summed E-state index contributed by atoms with van der Waals surface area (Å²) in [5, 5.41) is 11.4. The summed E-state index contributed by atoms with van der Waals surface area (Å²) in [6, 6.07) is 3.92. The molecule has 2 atom stereocenters. The lowest BCUT2D eigenvalue weighted by atomic mass is 9.87. The lowest BCUT2D eigenvalue weighted by Gasteiger charge is -2.28. The fraction of sp³-hybridized carbons (Fsp3) is 0.692. The van der Waals surface area contributed by atoms with E-state index in [1.807, 2.05) is 19.2 Å². The standard InChI is InChI=1S/C13H21N3O/c1-17-13-6-2-4-11(8-13)9-14-10-12-5-3-7-15-16-12/h3,5,7,11,13-14H,2,4,6,8-10H2,1H3. The van der Waals surface area contributed by atoms with Crippen LogP contribution in [0.5, 0.6) is 0 Å². The molecule has 94 valence electrons. The molecule has 1 aliphatic carbocycles. The molecule has 1 fully saturated rings. The SMILES string of the molecule is COC1CCCC(CNCc2cccnn2)C1. The molecule has 17 heavy (non-hydrogen) atoms. The molecule has 2 unspecified atom stereocenters. The predicted octanol–water partition coefficient (Wildman–Crippen LogP) is 1.77. The van der Waals surface area contributed by atoms with Gasteiger partial charge in [-0.2, -0.15) is 10.2 Å². The Bertz CT molecular complexity index is 318. The molecular formula is C13H21N3O. The third-order valence-corrected chi connectivity index (χ3v) is 3.43. The summed E-state index contributed by atoms with van der Waals surface area (Å²) < 4.78 is 5.44. The minimum absolute atomic E-state index is 0.465. The monoisotopic (exact) mass is 235 g/mol. The van der Waals surface area contributed by atoms with Gasteiger partial charge in [0.15, 0.2) is 0 Å². The van der Waals surface area contributed by atoms with Crippen molar-refractivity contribution in [1.82, 2.24) is 15.5 Å². The van der Waals surface area contributed by atoms with Gasteiger partial charge in [-0.3, -0.25) is 0 Å². The Kier molecular flexibility index (Phi) is 4.88. The van der Waals surface area contributed by atoms with Gasteiger partial charge in [0, 0.05) is 19.9 Å². The second-order valence-electron chi connectivity index (χ2n) is 4.74. The lowest BCUT2D eigenvalue weighted by Crippen LogP contribution is -2.30. The zero-order valence-electron chi connectivity index (χ0n) is 10.4. The molecule has 0 saturated heterocycles. The van der Waals surface area contributed by atoms with E-state index >= 15 is 0 Å². The van der Waals surface area contributed by atoms with Gasteiger partial charge in [0.25, 0.3) is 0 Å². The van der Waals surface area contributed by atoms with Crippen molar-refractivity contribution in [2.75, 3.05) is 13.7 Å². The van der Waals surface area contributed by atoms with E-state index in [1.165, 1.54) is 25.7 Å². The van der Waals surface area contributed by atoms with Crippen LogP contribution in [0.3, 0.4) is 0 Å². The summed E-state index contributed by atoms with van der Waals surface area (Å²) >= 11 is 0. The first-order valence-corrected chi connectivity index (χ1v) is 6.38. The summed E-state index contributed by atoms with van der Waals surface area (Å²) in [5.41, 5.74) is 1.01. The Hall–Kier alpha value is -1.00. The molecule has 0 aliphatic heterocycles. The predicted molar refractivity (Wildman–Crippen MR) is 66.5 cm³/mol. The van der Waals surface area contributed by atoms with E-state index in [4.69, 9.17) is 4.74 Å². The van der Waals surface area contributed by atoms with Gasteiger partial charge in [-0.1, -0.05) is 6.42 Å². The smallest absolute Gasteiger partial charge is 0.0768 e. The normalized spacial score (nSPS) is 24.8. The number of aromatic nitrogens is 2. The first-order chi connectivity index (χ1) is 8.38. The van der Waals surface area contributed by atoms with E-state index in [-0.39, 0.29) is 0 Å². The highest BCUT2D eigenvalue weighted by molar-refractivity contribution is 4.98. The van der Waals surface area contributed by atoms with Crippen molar-refractivity contribution >= 4 is 0 Å². The van der Waals surface area contributed by atoms with Crippen LogP contribution < -0.4 is 5.32 Å². The van der Waals surface area contributed by atoms with Crippen molar-refractivity contribution in [2.24, 2.45) is 5.92 Å². The molecule has 4 heteroatoms. The molecule has 1 aliphatic rings. The average Bonchev–Trinajstić information content (AvgIpc) is 2.40. The highest BCUT2D eigenvalue weighted by Crippen LogP contribution is 2.25. The molecule has 1 saturated carbocycles. The van der Waals surface area contributed by atoms with Gasteiger partial charge in [-0.25, -0.2) is 0 Å². The minimum Gasteiger partial charge on any atom is -0.381 e. The van der Waals surface area contributed by atoms with Crippen LogP contribution in [0.2, 0.25) is 0 Å². The molecule has 1 aromatic rings. The summed E-state index contributed by atoms with van der Waals surface area (Å²) in [6.07, 6.45) is 7.17. The maximum absolute atomic E-state index is 5.44. The van der Waals surface area contributed by atoms with Gasteiger partial charge in [0.05, 0.1) is 11.8 Å². The lowest BCUT2D eigenvalue weighted by molar-refractivity contribution is 0.0506. The van der Waals surface area contributed by atoms with Crippen LogP contribution in [-0.4, -0.2) is 30.0 Å². The van der Waals surface area contributed by atoms with Crippen molar-refractivity contribution in [3.8, 4) is 0 Å². The largest absolute Gasteiger partial charge is 0.381 e.